The zero-order valence-electron chi connectivity index (χ0n) is 13.3. The normalized spacial score (nSPS) is 12.6. The van der Waals surface area contributed by atoms with Crippen molar-refractivity contribution in [1.82, 2.24) is 5.32 Å². The molecule has 1 N–H and O–H groups in total. The van der Waals surface area contributed by atoms with E-state index in [2.05, 4.69) is 39.9 Å². The molecular formula is C17H23ClFNO. The van der Waals surface area contributed by atoms with E-state index >= 15 is 0 Å². The van der Waals surface area contributed by atoms with Crippen LogP contribution in [0.3, 0.4) is 0 Å². The second kappa shape index (κ2) is 5.98. The predicted molar refractivity (Wildman–Crippen MR) is 86.4 cm³/mol. The average Bonchev–Trinajstić information content (AvgIpc) is 2.72. The molecule has 0 saturated carbocycles. The zero-order chi connectivity index (χ0) is 15.8. The molecule has 0 unspecified atom stereocenters. The molecule has 1 heterocycles. The summed E-state index contributed by atoms with van der Waals surface area (Å²) >= 11 is 5.86. The lowest BCUT2D eigenvalue weighted by molar-refractivity contribution is 0.457. The van der Waals surface area contributed by atoms with Crippen molar-refractivity contribution < 1.29 is 8.81 Å². The maximum Gasteiger partial charge on any atom is 0.184 e. The van der Waals surface area contributed by atoms with Gasteiger partial charge in [0, 0.05) is 10.9 Å². The number of rotatable bonds is 4. The van der Waals surface area contributed by atoms with E-state index in [0.29, 0.717) is 12.5 Å². The van der Waals surface area contributed by atoms with Crippen molar-refractivity contribution in [2.45, 2.75) is 46.6 Å². The number of benzene rings is 1. The Balaban J connectivity index is 2.50. The van der Waals surface area contributed by atoms with Crippen LogP contribution in [0.1, 0.15) is 45.9 Å². The van der Waals surface area contributed by atoms with Gasteiger partial charge in [-0.15, -0.1) is 0 Å². The fourth-order valence-corrected chi connectivity index (χ4v) is 2.72. The lowest BCUT2D eigenvalue weighted by atomic mass is 9.84. The summed E-state index contributed by atoms with van der Waals surface area (Å²) in [6.07, 6.45) is 0. The van der Waals surface area contributed by atoms with Crippen LogP contribution < -0.4 is 5.32 Å². The van der Waals surface area contributed by atoms with E-state index < -0.39 is 5.82 Å². The van der Waals surface area contributed by atoms with E-state index in [0.717, 1.165) is 23.3 Å². The quantitative estimate of drug-likeness (QED) is 0.832. The molecule has 4 heteroatoms. The molecule has 0 fully saturated rings. The first kappa shape index (κ1) is 16.3. The maximum absolute atomic E-state index is 14.2. The van der Waals surface area contributed by atoms with Crippen molar-refractivity contribution in [3.8, 4) is 0 Å². The van der Waals surface area contributed by atoms with Crippen LogP contribution in [0.25, 0.3) is 11.0 Å². The molecule has 2 rings (SSSR count). The fraction of sp³-hybridized carbons (Fsp3) is 0.529. The van der Waals surface area contributed by atoms with Crippen LogP contribution in [0.4, 0.5) is 4.39 Å². The van der Waals surface area contributed by atoms with Gasteiger partial charge in [0.05, 0.1) is 11.6 Å². The monoisotopic (exact) mass is 311 g/mol. The minimum atomic E-state index is -0.477. The largest absolute Gasteiger partial charge is 0.456 e. The summed E-state index contributed by atoms with van der Waals surface area (Å²) in [4.78, 5) is 0. The van der Waals surface area contributed by atoms with Crippen molar-refractivity contribution in [2.75, 3.05) is 6.54 Å². The number of fused-ring (bicyclic) bond motifs is 1. The third-order valence-corrected chi connectivity index (χ3v) is 3.70. The van der Waals surface area contributed by atoms with Crippen molar-refractivity contribution in [1.29, 1.82) is 0 Å². The Morgan fingerprint density at radius 1 is 1.29 bits per heavy atom. The molecule has 1 aromatic carbocycles. The van der Waals surface area contributed by atoms with Gasteiger partial charge in [0.2, 0.25) is 0 Å². The van der Waals surface area contributed by atoms with Gasteiger partial charge in [-0.1, -0.05) is 46.2 Å². The van der Waals surface area contributed by atoms with Crippen LogP contribution in [0.5, 0.6) is 0 Å². The summed E-state index contributed by atoms with van der Waals surface area (Å²) < 4.78 is 20.0. The minimum absolute atomic E-state index is 0.0957. The Hall–Kier alpha value is -1.06. The van der Waals surface area contributed by atoms with Crippen molar-refractivity contribution in [3.05, 3.63) is 34.3 Å². The van der Waals surface area contributed by atoms with Crippen molar-refractivity contribution >= 4 is 22.6 Å². The van der Waals surface area contributed by atoms with Crippen LogP contribution in [0, 0.1) is 11.7 Å². The third-order valence-electron chi connectivity index (χ3n) is 3.41. The highest BCUT2D eigenvalue weighted by Crippen LogP contribution is 2.38. The second-order valence-electron chi connectivity index (χ2n) is 6.91. The van der Waals surface area contributed by atoms with Crippen molar-refractivity contribution in [2.24, 2.45) is 5.92 Å². The Morgan fingerprint density at radius 3 is 2.52 bits per heavy atom. The molecule has 21 heavy (non-hydrogen) atoms. The van der Waals surface area contributed by atoms with E-state index in [9.17, 15) is 4.39 Å². The molecule has 1 aromatic heterocycles. The van der Waals surface area contributed by atoms with E-state index in [1.807, 2.05) is 6.07 Å². The average molecular weight is 312 g/mol. The smallest absolute Gasteiger partial charge is 0.184 e. The summed E-state index contributed by atoms with van der Waals surface area (Å²) in [6.45, 7) is 12.1. The van der Waals surface area contributed by atoms with Gasteiger partial charge in [-0.25, -0.2) is 4.39 Å². The van der Waals surface area contributed by atoms with Crippen molar-refractivity contribution in [3.63, 3.8) is 0 Å². The third kappa shape index (κ3) is 3.41. The molecule has 0 atom stereocenters. The van der Waals surface area contributed by atoms with Crippen LogP contribution in [-0.2, 0) is 12.0 Å². The Kier molecular flexibility index (Phi) is 4.64. The second-order valence-corrected chi connectivity index (χ2v) is 7.32. The molecule has 0 saturated heterocycles. The van der Waals surface area contributed by atoms with Gasteiger partial charge in [0.1, 0.15) is 5.76 Å². The number of halogens is 2. The number of furan rings is 1. The molecule has 0 radical (unpaired) electrons. The summed E-state index contributed by atoms with van der Waals surface area (Å²) in [5.74, 6) is 0.868. The van der Waals surface area contributed by atoms with Gasteiger partial charge >= 0.3 is 0 Å². The Bertz CT molecular complexity index is 640. The predicted octanol–water partition coefficient (Wildman–Crippen LogP) is 5.27. The molecule has 0 aliphatic carbocycles. The highest BCUT2D eigenvalue weighted by atomic mass is 35.5. The van der Waals surface area contributed by atoms with E-state index in [-0.39, 0.29) is 16.0 Å². The highest BCUT2D eigenvalue weighted by molar-refractivity contribution is 6.31. The zero-order valence-corrected chi connectivity index (χ0v) is 14.1. The van der Waals surface area contributed by atoms with E-state index in [4.69, 9.17) is 16.0 Å². The van der Waals surface area contributed by atoms with Gasteiger partial charge in [-0.3, -0.25) is 0 Å². The summed E-state index contributed by atoms with van der Waals surface area (Å²) in [5.41, 5.74) is 1.18. The lowest BCUT2D eigenvalue weighted by Crippen LogP contribution is -2.21. The number of hydrogen-bond donors (Lipinski definition) is 1. The SMILES string of the molecule is CC(C)CNCc1oc2c(F)c(Cl)ccc2c1C(C)(C)C. The molecule has 0 amide bonds. The summed E-state index contributed by atoms with van der Waals surface area (Å²) in [7, 11) is 0. The minimum Gasteiger partial charge on any atom is -0.456 e. The van der Waals surface area contributed by atoms with E-state index in [1.165, 1.54) is 0 Å². The Morgan fingerprint density at radius 2 is 1.95 bits per heavy atom. The Labute approximate surface area is 130 Å². The highest BCUT2D eigenvalue weighted by Gasteiger charge is 2.27. The molecule has 0 aliphatic heterocycles. The standard InChI is InChI=1S/C17H23ClFNO/c1-10(2)8-20-9-13-14(17(3,4)5)11-6-7-12(18)15(19)16(11)21-13/h6-7,10,20H,8-9H2,1-5H3. The number of hydrogen-bond acceptors (Lipinski definition) is 2. The molecule has 0 aliphatic rings. The first-order chi connectivity index (χ1) is 9.71. The van der Waals surface area contributed by atoms with Gasteiger partial charge in [-0.05, 0) is 30.0 Å². The molecule has 2 aromatic rings. The van der Waals surface area contributed by atoms with Crippen LogP contribution >= 0.6 is 11.6 Å². The molecule has 2 nitrogen and oxygen atoms in total. The maximum atomic E-state index is 14.2. The van der Waals surface area contributed by atoms with Gasteiger partial charge < -0.3 is 9.73 Å². The summed E-state index contributed by atoms with van der Waals surface area (Å²) in [6, 6.07) is 3.44. The lowest BCUT2D eigenvalue weighted by Gasteiger charge is -2.19. The molecule has 0 spiro atoms. The molecule has 0 bridgehead atoms. The van der Waals surface area contributed by atoms with Crippen LogP contribution in [-0.4, -0.2) is 6.54 Å². The van der Waals surface area contributed by atoms with Gasteiger partial charge in [0.15, 0.2) is 11.4 Å². The first-order valence-corrected chi connectivity index (χ1v) is 7.70. The summed E-state index contributed by atoms with van der Waals surface area (Å²) in [5, 5.41) is 4.27. The topological polar surface area (TPSA) is 25.2 Å². The molecule has 116 valence electrons. The van der Waals surface area contributed by atoms with Crippen LogP contribution in [0.15, 0.2) is 16.5 Å². The van der Waals surface area contributed by atoms with Gasteiger partial charge in [0.25, 0.3) is 0 Å². The fourth-order valence-electron chi connectivity index (χ4n) is 2.57. The van der Waals surface area contributed by atoms with E-state index in [1.54, 1.807) is 6.07 Å². The van der Waals surface area contributed by atoms with Crippen LogP contribution in [0.2, 0.25) is 5.02 Å². The number of nitrogens with one attached hydrogen (secondary N) is 1. The first-order valence-electron chi connectivity index (χ1n) is 7.32. The molecular weight excluding hydrogens is 289 g/mol. The van der Waals surface area contributed by atoms with Gasteiger partial charge in [-0.2, -0.15) is 0 Å².